The van der Waals surface area contributed by atoms with Crippen LogP contribution in [0.4, 0.5) is 17.2 Å². The molecule has 0 spiro atoms. The fraction of sp³-hybridized carbons (Fsp3) is 0.489. The summed E-state index contributed by atoms with van der Waals surface area (Å²) in [6, 6.07) is 25.0. The van der Waals surface area contributed by atoms with Gasteiger partial charge in [0.05, 0.1) is 23.0 Å². The molecule has 1 saturated carbocycles. The van der Waals surface area contributed by atoms with E-state index in [4.69, 9.17) is 14.7 Å². The molecular formula is C47H60N4O. The van der Waals surface area contributed by atoms with Gasteiger partial charge in [0.25, 0.3) is 0 Å². The Bertz CT molecular complexity index is 2020. The van der Waals surface area contributed by atoms with Crippen molar-refractivity contribution in [1.29, 1.82) is 0 Å². The van der Waals surface area contributed by atoms with Crippen molar-refractivity contribution in [2.75, 3.05) is 4.90 Å². The Hall–Kier alpha value is -4.12. The van der Waals surface area contributed by atoms with E-state index in [0.717, 1.165) is 40.1 Å². The first kappa shape index (κ1) is 36.2. The second kappa shape index (κ2) is 12.8. The zero-order valence-electron chi connectivity index (χ0n) is 33.8. The van der Waals surface area contributed by atoms with E-state index in [-0.39, 0.29) is 27.8 Å². The first-order valence-electron chi connectivity index (χ1n) is 19.6. The van der Waals surface area contributed by atoms with Crippen LogP contribution in [0.25, 0.3) is 0 Å². The highest BCUT2D eigenvalue weighted by Gasteiger charge is 2.51. The van der Waals surface area contributed by atoms with Gasteiger partial charge >= 0.3 is 0 Å². The number of fused-ring (bicyclic) bond motifs is 2. The molecule has 3 heterocycles. The van der Waals surface area contributed by atoms with Crippen molar-refractivity contribution in [2.45, 2.75) is 144 Å². The van der Waals surface area contributed by atoms with Gasteiger partial charge in [-0.2, -0.15) is 0 Å². The summed E-state index contributed by atoms with van der Waals surface area (Å²) in [5.41, 5.74) is 9.35. The van der Waals surface area contributed by atoms with E-state index in [0.29, 0.717) is 6.04 Å². The number of benzene rings is 3. The lowest BCUT2D eigenvalue weighted by Gasteiger charge is -2.47. The van der Waals surface area contributed by atoms with Crippen LogP contribution in [-0.4, -0.2) is 33.3 Å². The number of rotatable bonds is 5. The van der Waals surface area contributed by atoms with Gasteiger partial charge in [0.1, 0.15) is 23.2 Å². The molecule has 3 aliphatic rings. The van der Waals surface area contributed by atoms with E-state index in [9.17, 15) is 0 Å². The molecule has 1 aromatic heterocycles. The second-order valence-corrected chi connectivity index (χ2v) is 18.9. The number of nitrogens with zero attached hydrogens (tertiary/aromatic N) is 4. The molecule has 274 valence electrons. The number of amidine groups is 1. The maximum absolute atomic E-state index is 6.96. The molecule has 1 atom stereocenters. The molecule has 0 amide bonds. The van der Waals surface area contributed by atoms with Crippen molar-refractivity contribution in [2.24, 2.45) is 10.4 Å². The summed E-state index contributed by atoms with van der Waals surface area (Å²) in [4.78, 5) is 15.6. The quantitative estimate of drug-likeness (QED) is 0.208. The molecule has 4 aromatic rings. The number of aliphatic imine (C=N–C) groups is 1. The molecule has 0 saturated heterocycles. The molecule has 0 N–H and O–H groups in total. The Balaban J connectivity index is 1.32. The topological polar surface area (TPSA) is 41.0 Å². The average Bonchev–Trinajstić information content (AvgIpc) is 3.37. The summed E-state index contributed by atoms with van der Waals surface area (Å²) in [6.45, 7) is 27.7. The van der Waals surface area contributed by atoms with E-state index >= 15 is 0 Å². The Kier molecular flexibility index (Phi) is 8.91. The van der Waals surface area contributed by atoms with Crippen molar-refractivity contribution in [3.8, 4) is 11.5 Å². The Labute approximate surface area is 313 Å². The van der Waals surface area contributed by atoms with Crippen LogP contribution in [0, 0.1) is 19.3 Å². The second-order valence-electron chi connectivity index (χ2n) is 18.9. The van der Waals surface area contributed by atoms with Crippen LogP contribution < -0.4 is 9.64 Å². The minimum Gasteiger partial charge on any atom is -0.457 e. The molecule has 1 aliphatic carbocycles. The fourth-order valence-electron chi connectivity index (χ4n) is 9.51. The van der Waals surface area contributed by atoms with Crippen LogP contribution in [0.15, 0.2) is 77.9 Å². The predicted molar refractivity (Wildman–Crippen MR) is 218 cm³/mol. The normalized spacial score (nSPS) is 20.0. The highest BCUT2D eigenvalue weighted by Crippen LogP contribution is 2.53. The predicted octanol–water partition coefficient (Wildman–Crippen LogP) is 12.5. The van der Waals surface area contributed by atoms with Crippen molar-refractivity contribution < 1.29 is 4.74 Å². The summed E-state index contributed by atoms with van der Waals surface area (Å²) in [5.74, 6) is 3.74. The molecule has 5 heteroatoms. The molecule has 1 fully saturated rings. The minimum absolute atomic E-state index is 0.000970. The molecule has 2 aliphatic heterocycles. The van der Waals surface area contributed by atoms with Gasteiger partial charge in [-0.05, 0) is 110 Å². The highest BCUT2D eigenvalue weighted by atomic mass is 16.5. The summed E-state index contributed by atoms with van der Waals surface area (Å²) in [5, 5.41) is 0. The van der Waals surface area contributed by atoms with Gasteiger partial charge in [-0.3, -0.25) is 9.89 Å². The van der Waals surface area contributed by atoms with Gasteiger partial charge in [0.2, 0.25) is 0 Å². The Morgan fingerprint density at radius 3 is 2.13 bits per heavy atom. The van der Waals surface area contributed by atoms with Crippen molar-refractivity contribution >= 4 is 23.0 Å². The Morgan fingerprint density at radius 2 is 1.44 bits per heavy atom. The first-order chi connectivity index (χ1) is 24.4. The monoisotopic (exact) mass is 696 g/mol. The third kappa shape index (κ3) is 6.22. The number of hydrogen-bond acceptors (Lipinski definition) is 5. The zero-order valence-corrected chi connectivity index (χ0v) is 33.8. The van der Waals surface area contributed by atoms with Gasteiger partial charge < -0.3 is 9.64 Å². The summed E-state index contributed by atoms with van der Waals surface area (Å²) in [7, 11) is 0. The van der Waals surface area contributed by atoms with Crippen LogP contribution >= 0.6 is 0 Å². The van der Waals surface area contributed by atoms with Crippen LogP contribution in [0.3, 0.4) is 0 Å². The van der Waals surface area contributed by atoms with E-state index in [1.54, 1.807) is 0 Å². The summed E-state index contributed by atoms with van der Waals surface area (Å²) in [6.07, 6.45) is 8.32. The van der Waals surface area contributed by atoms with E-state index in [2.05, 4.69) is 160 Å². The number of para-hydroxylation sites is 1. The van der Waals surface area contributed by atoms with Gasteiger partial charge in [-0.25, -0.2) is 4.98 Å². The molecule has 3 aromatic carbocycles. The van der Waals surface area contributed by atoms with Crippen molar-refractivity contribution in [3.63, 3.8) is 0 Å². The number of aryl methyl sites for hydroxylation is 2. The summed E-state index contributed by atoms with van der Waals surface area (Å²) < 4.78 is 6.96. The average molecular weight is 697 g/mol. The van der Waals surface area contributed by atoms with Crippen LogP contribution in [-0.2, 0) is 10.8 Å². The number of ether oxygens (including phenoxy) is 1. The van der Waals surface area contributed by atoms with E-state index < -0.39 is 0 Å². The standard InChI is InChI=1S/C47H60N4O/c1-30-26-31(2)40(29-35(30)42-49-43(45(6,7)8)47(11,12)51(42)33-18-14-13-15-19-33)52-34-22-23-37-39(28-34)50(38-21-17-16-20-36(38)46(37,9)10)41-27-32(24-25-48-41)44(3,4)5/h16-17,20-29,33,43H,13-15,18-19H2,1-12H3/t43-/m1/s1. The fourth-order valence-corrected chi connectivity index (χ4v) is 9.51. The maximum atomic E-state index is 6.96. The van der Waals surface area contributed by atoms with Gasteiger partial charge in [0.15, 0.2) is 0 Å². The van der Waals surface area contributed by atoms with E-state index in [1.807, 2.05) is 6.20 Å². The molecule has 0 radical (unpaired) electrons. The van der Waals surface area contributed by atoms with Gasteiger partial charge in [-0.1, -0.05) is 105 Å². The lowest BCUT2D eigenvalue weighted by atomic mass is 9.73. The highest BCUT2D eigenvalue weighted by molar-refractivity contribution is 6.02. The van der Waals surface area contributed by atoms with Crippen LogP contribution in [0.5, 0.6) is 11.5 Å². The molecule has 0 bridgehead atoms. The third-order valence-corrected chi connectivity index (χ3v) is 12.1. The van der Waals surface area contributed by atoms with Crippen molar-refractivity contribution in [1.82, 2.24) is 9.88 Å². The lowest BCUT2D eigenvalue weighted by molar-refractivity contribution is 0.0894. The molecule has 5 nitrogen and oxygen atoms in total. The van der Waals surface area contributed by atoms with Crippen LogP contribution in [0.2, 0.25) is 0 Å². The third-order valence-electron chi connectivity index (χ3n) is 12.1. The molecule has 52 heavy (non-hydrogen) atoms. The van der Waals surface area contributed by atoms with Crippen molar-refractivity contribution in [3.05, 3.63) is 106 Å². The lowest BCUT2D eigenvalue weighted by Crippen LogP contribution is -2.56. The molecular weight excluding hydrogens is 637 g/mol. The number of aromatic nitrogens is 1. The van der Waals surface area contributed by atoms with Crippen LogP contribution in [0.1, 0.15) is 135 Å². The smallest absolute Gasteiger partial charge is 0.137 e. The minimum atomic E-state index is -0.199. The number of anilines is 3. The summed E-state index contributed by atoms with van der Waals surface area (Å²) >= 11 is 0. The van der Waals surface area contributed by atoms with Gasteiger partial charge in [0, 0.05) is 29.3 Å². The Morgan fingerprint density at radius 1 is 0.750 bits per heavy atom. The molecule has 0 unspecified atom stereocenters. The number of pyridine rings is 1. The number of hydrogen-bond donors (Lipinski definition) is 0. The SMILES string of the molecule is Cc1cc(C)c(C2=N[C@H](C(C)(C)C)C(C)(C)N2C2CCCCC2)cc1Oc1ccc2c(c1)N(c1cc(C(C)(C)C)ccn1)c1ccccc1C2(C)C. The molecule has 7 rings (SSSR count). The van der Waals surface area contributed by atoms with E-state index in [1.165, 1.54) is 59.9 Å². The zero-order chi connectivity index (χ0) is 37.4. The maximum Gasteiger partial charge on any atom is 0.137 e. The first-order valence-corrected chi connectivity index (χ1v) is 19.6. The largest absolute Gasteiger partial charge is 0.457 e. The van der Waals surface area contributed by atoms with Gasteiger partial charge in [-0.15, -0.1) is 0 Å².